The fraction of sp³-hybridized carbons (Fsp3) is 0.250. The molecule has 2 aromatic carbocycles. The second-order valence-corrected chi connectivity index (χ2v) is 6.10. The summed E-state index contributed by atoms with van der Waals surface area (Å²) in [5.74, 6) is 0.952. The second kappa shape index (κ2) is 6.99. The third-order valence-corrected chi connectivity index (χ3v) is 4.36. The number of halogens is 1. The van der Waals surface area contributed by atoms with Gasteiger partial charge in [-0.2, -0.15) is 0 Å². The van der Waals surface area contributed by atoms with Crippen LogP contribution in [0.3, 0.4) is 0 Å². The monoisotopic (exact) mass is 291 g/mol. The van der Waals surface area contributed by atoms with E-state index in [-0.39, 0.29) is 6.04 Å². The second-order valence-electron chi connectivity index (χ2n) is 4.67. The van der Waals surface area contributed by atoms with Crippen LogP contribution in [-0.4, -0.2) is 6.04 Å². The van der Waals surface area contributed by atoms with Crippen LogP contribution in [0, 0.1) is 0 Å². The number of nitrogens with two attached hydrogens (primary N) is 1. The molecule has 0 aromatic heterocycles. The van der Waals surface area contributed by atoms with E-state index in [4.69, 9.17) is 17.3 Å². The lowest BCUT2D eigenvalue weighted by Gasteiger charge is -2.13. The van der Waals surface area contributed by atoms with Crippen LogP contribution in [0.4, 0.5) is 0 Å². The van der Waals surface area contributed by atoms with Gasteiger partial charge < -0.3 is 5.73 Å². The summed E-state index contributed by atoms with van der Waals surface area (Å²) >= 11 is 8.10. The van der Waals surface area contributed by atoms with Crippen molar-refractivity contribution in [3.05, 3.63) is 64.7 Å². The minimum Gasteiger partial charge on any atom is -0.328 e. The first-order chi connectivity index (χ1) is 9.16. The van der Waals surface area contributed by atoms with E-state index < -0.39 is 0 Å². The number of thioether (sulfide) groups is 1. The molecular weight excluding hydrogens is 274 g/mol. The molecule has 1 atom stereocenters. The van der Waals surface area contributed by atoms with Gasteiger partial charge in [-0.1, -0.05) is 48.0 Å². The topological polar surface area (TPSA) is 26.0 Å². The van der Waals surface area contributed by atoms with Crippen LogP contribution >= 0.6 is 23.4 Å². The third-order valence-electron chi connectivity index (χ3n) is 2.84. The zero-order valence-electron chi connectivity index (χ0n) is 11.0. The Morgan fingerprint density at radius 2 is 1.84 bits per heavy atom. The molecule has 0 saturated carbocycles. The quantitative estimate of drug-likeness (QED) is 0.820. The molecule has 0 bridgehead atoms. The third kappa shape index (κ3) is 4.27. The average Bonchev–Trinajstić information content (AvgIpc) is 2.40. The Hall–Kier alpha value is -0.960. The van der Waals surface area contributed by atoms with E-state index in [9.17, 15) is 0 Å². The lowest BCUT2D eigenvalue weighted by molar-refractivity contribution is 0.729. The van der Waals surface area contributed by atoms with Crippen molar-refractivity contribution in [2.75, 3.05) is 0 Å². The zero-order chi connectivity index (χ0) is 13.7. The highest BCUT2D eigenvalue weighted by molar-refractivity contribution is 7.98. The molecule has 0 aliphatic rings. The Kier molecular flexibility index (Phi) is 5.32. The first-order valence-electron chi connectivity index (χ1n) is 6.36. The van der Waals surface area contributed by atoms with Crippen molar-refractivity contribution in [1.82, 2.24) is 0 Å². The van der Waals surface area contributed by atoms with Gasteiger partial charge in [-0.3, -0.25) is 0 Å². The van der Waals surface area contributed by atoms with E-state index in [1.54, 1.807) is 0 Å². The molecule has 2 N–H and O–H groups in total. The van der Waals surface area contributed by atoms with E-state index in [2.05, 4.69) is 30.3 Å². The molecule has 0 amide bonds. The van der Waals surface area contributed by atoms with Gasteiger partial charge >= 0.3 is 0 Å². The van der Waals surface area contributed by atoms with Crippen molar-refractivity contribution < 1.29 is 0 Å². The van der Waals surface area contributed by atoms with Gasteiger partial charge in [0.1, 0.15) is 0 Å². The molecule has 3 heteroatoms. The van der Waals surface area contributed by atoms with Crippen molar-refractivity contribution >= 4 is 23.4 Å². The maximum Gasteiger partial charge on any atom is 0.0449 e. The van der Waals surface area contributed by atoms with Gasteiger partial charge in [0.2, 0.25) is 0 Å². The fourth-order valence-electron chi connectivity index (χ4n) is 1.93. The van der Waals surface area contributed by atoms with E-state index >= 15 is 0 Å². The van der Waals surface area contributed by atoms with Crippen molar-refractivity contribution in [3.8, 4) is 0 Å². The van der Waals surface area contributed by atoms with Gasteiger partial charge in [0.05, 0.1) is 0 Å². The molecule has 1 nitrogen and oxygen atoms in total. The lowest BCUT2D eigenvalue weighted by atomic mass is 10.1. The molecule has 0 heterocycles. The molecule has 0 radical (unpaired) electrons. The smallest absolute Gasteiger partial charge is 0.0449 e. The minimum absolute atomic E-state index is 0.121. The highest BCUT2D eigenvalue weighted by Gasteiger charge is 2.09. The molecule has 100 valence electrons. The van der Waals surface area contributed by atoms with Crippen molar-refractivity contribution in [2.24, 2.45) is 5.73 Å². The Bertz CT molecular complexity index is 526. The lowest BCUT2D eigenvalue weighted by Crippen LogP contribution is -2.18. The molecule has 19 heavy (non-hydrogen) atoms. The van der Waals surface area contributed by atoms with Gasteiger partial charge in [0.25, 0.3) is 0 Å². The van der Waals surface area contributed by atoms with Crippen LogP contribution in [0.25, 0.3) is 0 Å². The number of rotatable bonds is 5. The van der Waals surface area contributed by atoms with Gasteiger partial charge in [-0.25, -0.2) is 0 Å². The van der Waals surface area contributed by atoms with Crippen LogP contribution in [0.1, 0.15) is 18.1 Å². The Balaban J connectivity index is 2.13. The molecule has 0 aliphatic carbocycles. The largest absolute Gasteiger partial charge is 0.328 e. The molecule has 2 aromatic rings. The van der Waals surface area contributed by atoms with Gasteiger partial charge in [0.15, 0.2) is 0 Å². The Morgan fingerprint density at radius 1 is 1.11 bits per heavy atom. The molecule has 0 spiro atoms. The summed E-state index contributed by atoms with van der Waals surface area (Å²) < 4.78 is 0. The predicted molar refractivity (Wildman–Crippen MR) is 84.8 cm³/mol. The summed E-state index contributed by atoms with van der Waals surface area (Å²) in [6, 6.07) is 16.6. The molecular formula is C16H18ClNS. The summed E-state index contributed by atoms with van der Waals surface area (Å²) in [6.07, 6.45) is 0.816. The first-order valence-corrected chi connectivity index (χ1v) is 7.73. The maximum atomic E-state index is 6.29. The van der Waals surface area contributed by atoms with Crippen LogP contribution < -0.4 is 5.73 Å². The maximum absolute atomic E-state index is 6.29. The van der Waals surface area contributed by atoms with E-state index in [1.165, 1.54) is 16.0 Å². The van der Waals surface area contributed by atoms with Gasteiger partial charge in [-0.15, -0.1) is 11.8 Å². The van der Waals surface area contributed by atoms with E-state index in [0.29, 0.717) is 0 Å². The van der Waals surface area contributed by atoms with Crippen LogP contribution in [0.2, 0.25) is 5.02 Å². The van der Waals surface area contributed by atoms with E-state index in [0.717, 1.165) is 17.2 Å². The summed E-state index contributed by atoms with van der Waals surface area (Å²) in [7, 11) is 0. The van der Waals surface area contributed by atoms with Crippen LogP contribution in [0.5, 0.6) is 0 Å². The molecule has 0 fully saturated rings. The summed E-state index contributed by atoms with van der Waals surface area (Å²) in [5.41, 5.74) is 8.39. The van der Waals surface area contributed by atoms with Gasteiger partial charge in [-0.05, 0) is 36.6 Å². The first kappa shape index (κ1) is 14.4. The van der Waals surface area contributed by atoms with Crippen molar-refractivity contribution in [1.29, 1.82) is 0 Å². The molecule has 2 rings (SSSR count). The molecule has 0 aliphatic heterocycles. The van der Waals surface area contributed by atoms with Gasteiger partial charge in [0, 0.05) is 21.7 Å². The molecule has 0 saturated heterocycles. The highest BCUT2D eigenvalue weighted by atomic mass is 35.5. The Labute approximate surface area is 124 Å². The summed E-state index contributed by atoms with van der Waals surface area (Å²) in [5, 5.41) is 0.815. The van der Waals surface area contributed by atoms with E-state index in [1.807, 2.05) is 36.9 Å². The normalized spacial score (nSPS) is 12.4. The summed E-state index contributed by atoms with van der Waals surface area (Å²) in [4.78, 5) is 1.23. The summed E-state index contributed by atoms with van der Waals surface area (Å²) in [6.45, 7) is 2.01. The fourth-order valence-corrected chi connectivity index (χ4v) is 3.29. The minimum atomic E-state index is 0.121. The SMILES string of the molecule is CC(N)Cc1c(Cl)cccc1SCc1ccccc1. The van der Waals surface area contributed by atoms with Crippen LogP contribution in [-0.2, 0) is 12.2 Å². The highest BCUT2D eigenvalue weighted by Crippen LogP contribution is 2.31. The predicted octanol–water partition coefficient (Wildman–Crippen LogP) is 4.52. The number of hydrogen-bond donors (Lipinski definition) is 1. The van der Waals surface area contributed by atoms with Crippen molar-refractivity contribution in [2.45, 2.75) is 30.0 Å². The standard InChI is InChI=1S/C16H18ClNS/c1-12(18)10-14-15(17)8-5-9-16(14)19-11-13-6-3-2-4-7-13/h2-9,12H,10-11,18H2,1H3. The number of benzene rings is 2. The average molecular weight is 292 g/mol. The van der Waals surface area contributed by atoms with Crippen molar-refractivity contribution in [3.63, 3.8) is 0 Å². The molecule has 1 unspecified atom stereocenters. The number of hydrogen-bond acceptors (Lipinski definition) is 2. The van der Waals surface area contributed by atoms with Crippen LogP contribution in [0.15, 0.2) is 53.4 Å². The Morgan fingerprint density at radius 3 is 2.53 bits per heavy atom. The zero-order valence-corrected chi connectivity index (χ0v) is 12.5.